The molecule has 88 valence electrons. The van der Waals surface area contributed by atoms with E-state index in [1.807, 2.05) is 32.0 Å². The molecule has 0 aliphatic carbocycles. The van der Waals surface area contributed by atoms with E-state index >= 15 is 0 Å². The minimum absolute atomic E-state index is 0.222. The summed E-state index contributed by atoms with van der Waals surface area (Å²) in [6, 6.07) is 10.1. The molecule has 0 aromatic heterocycles. The summed E-state index contributed by atoms with van der Waals surface area (Å²) in [6.07, 6.45) is 0. The third-order valence-electron chi connectivity index (χ3n) is 3.40. The monoisotopic (exact) mass is 220 g/mol. The van der Waals surface area contributed by atoms with Crippen molar-refractivity contribution in [2.24, 2.45) is 0 Å². The molecule has 1 rings (SSSR count). The Morgan fingerprint density at radius 2 is 1.56 bits per heavy atom. The number of benzene rings is 1. The second-order valence-corrected chi connectivity index (χ2v) is 5.09. The van der Waals surface area contributed by atoms with Gasteiger partial charge in [-0.25, -0.2) is 0 Å². The Balaban J connectivity index is 3.05. The second-order valence-electron chi connectivity index (χ2n) is 5.09. The predicted octanol–water partition coefficient (Wildman–Crippen LogP) is 3.31. The highest BCUT2D eigenvalue weighted by Gasteiger charge is 2.41. The van der Waals surface area contributed by atoms with Crippen LogP contribution in [-0.2, 0) is 14.9 Å². The van der Waals surface area contributed by atoms with Crippen molar-refractivity contribution in [3.63, 3.8) is 0 Å². The third-order valence-corrected chi connectivity index (χ3v) is 3.40. The molecule has 2 nitrogen and oxygen atoms in total. The molecule has 0 aliphatic heterocycles. The molecule has 0 aliphatic rings. The summed E-state index contributed by atoms with van der Waals surface area (Å²) in [5.74, 6) is -0.242. The molecular formula is C14H20O2. The van der Waals surface area contributed by atoms with Crippen LogP contribution >= 0.6 is 0 Å². The maximum absolute atomic E-state index is 11.1. The van der Waals surface area contributed by atoms with Crippen molar-refractivity contribution in [2.75, 3.05) is 0 Å². The van der Waals surface area contributed by atoms with Gasteiger partial charge in [0.1, 0.15) is 5.60 Å². The highest BCUT2D eigenvalue weighted by Crippen LogP contribution is 2.37. The quantitative estimate of drug-likeness (QED) is 0.730. The highest BCUT2D eigenvalue weighted by atomic mass is 16.6. The molecule has 1 aromatic carbocycles. The summed E-state index contributed by atoms with van der Waals surface area (Å²) in [5.41, 5.74) is 0.418. The molecule has 0 saturated carbocycles. The highest BCUT2D eigenvalue weighted by molar-refractivity contribution is 5.66. The van der Waals surface area contributed by atoms with Crippen molar-refractivity contribution < 1.29 is 9.53 Å². The molecule has 0 amide bonds. The lowest BCUT2D eigenvalue weighted by molar-refractivity contribution is -0.159. The van der Waals surface area contributed by atoms with E-state index in [1.165, 1.54) is 12.5 Å². The van der Waals surface area contributed by atoms with Crippen molar-refractivity contribution in [1.29, 1.82) is 0 Å². The zero-order valence-corrected chi connectivity index (χ0v) is 10.7. The summed E-state index contributed by atoms with van der Waals surface area (Å²) >= 11 is 0. The van der Waals surface area contributed by atoms with Gasteiger partial charge in [-0.2, -0.15) is 0 Å². The summed E-state index contributed by atoms with van der Waals surface area (Å²) in [5, 5.41) is 0. The molecule has 1 aromatic rings. The topological polar surface area (TPSA) is 26.3 Å². The number of carbonyl (C=O) groups is 1. The van der Waals surface area contributed by atoms with Crippen LogP contribution in [0.4, 0.5) is 0 Å². The second kappa shape index (κ2) is 4.28. The van der Waals surface area contributed by atoms with Crippen LogP contribution in [0.25, 0.3) is 0 Å². The van der Waals surface area contributed by atoms with Crippen molar-refractivity contribution in [2.45, 2.75) is 45.6 Å². The number of carbonyl (C=O) groups excluding carboxylic acids is 1. The molecular weight excluding hydrogens is 200 g/mol. The Morgan fingerprint density at radius 3 is 2.00 bits per heavy atom. The summed E-state index contributed by atoms with van der Waals surface area (Å²) in [4.78, 5) is 11.1. The first-order chi connectivity index (χ1) is 7.27. The van der Waals surface area contributed by atoms with Crippen molar-refractivity contribution in [3.05, 3.63) is 35.9 Å². The minimum atomic E-state index is -0.528. The zero-order chi connectivity index (χ0) is 12.4. The number of rotatable bonds is 3. The average molecular weight is 220 g/mol. The maximum Gasteiger partial charge on any atom is 0.303 e. The van der Waals surface area contributed by atoms with Gasteiger partial charge in [0.05, 0.1) is 0 Å². The first kappa shape index (κ1) is 12.8. The Morgan fingerprint density at radius 1 is 1.06 bits per heavy atom. The summed E-state index contributed by atoms with van der Waals surface area (Å²) in [7, 11) is 0. The molecule has 0 radical (unpaired) electrons. The molecule has 0 fully saturated rings. The Labute approximate surface area is 97.6 Å². The molecule has 0 bridgehead atoms. The van der Waals surface area contributed by atoms with Crippen LogP contribution in [0.1, 0.15) is 40.2 Å². The van der Waals surface area contributed by atoms with E-state index in [0.29, 0.717) is 0 Å². The van der Waals surface area contributed by atoms with E-state index in [4.69, 9.17) is 4.74 Å². The first-order valence-corrected chi connectivity index (χ1v) is 5.52. The third kappa shape index (κ3) is 2.43. The fraction of sp³-hybridized carbons (Fsp3) is 0.500. The maximum atomic E-state index is 11.1. The van der Waals surface area contributed by atoms with Gasteiger partial charge in [0.2, 0.25) is 0 Å². The lowest BCUT2D eigenvalue weighted by atomic mass is 9.72. The van der Waals surface area contributed by atoms with E-state index in [2.05, 4.69) is 26.0 Å². The Hall–Kier alpha value is -1.31. The fourth-order valence-electron chi connectivity index (χ4n) is 1.69. The molecule has 0 saturated heterocycles. The Kier molecular flexibility index (Phi) is 3.41. The standard InChI is InChI=1S/C14H20O2/c1-11(15)16-14(4,5)13(2,3)12-9-7-6-8-10-12/h6-10H,1-5H3. The Bertz CT molecular complexity index is 364. The van der Waals surface area contributed by atoms with Crippen LogP contribution in [0.2, 0.25) is 0 Å². The van der Waals surface area contributed by atoms with Crippen molar-refractivity contribution in [3.8, 4) is 0 Å². The molecule has 0 unspecified atom stereocenters. The minimum Gasteiger partial charge on any atom is -0.459 e. The van der Waals surface area contributed by atoms with Crippen LogP contribution in [-0.4, -0.2) is 11.6 Å². The van der Waals surface area contributed by atoms with E-state index < -0.39 is 5.60 Å². The molecule has 2 heteroatoms. The smallest absolute Gasteiger partial charge is 0.303 e. The van der Waals surface area contributed by atoms with Gasteiger partial charge in [0.25, 0.3) is 0 Å². The summed E-state index contributed by atoms with van der Waals surface area (Å²) < 4.78 is 5.42. The largest absolute Gasteiger partial charge is 0.459 e. The SMILES string of the molecule is CC(=O)OC(C)(C)C(C)(C)c1ccccc1. The molecule has 0 spiro atoms. The molecule has 0 N–H and O–H groups in total. The van der Waals surface area contributed by atoms with E-state index in [0.717, 1.165) is 0 Å². The van der Waals surface area contributed by atoms with Crippen LogP contribution in [0.15, 0.2) is 30.3 Å². The zero-order valence-electron chi connectivity index (χ0n) is 10.7. The van der Waals surface area contributed by atoms with Crippen LogP contribution in [0.5, 0.6) is 0 Å². The van der Waals surface area contributed by atoms with Gasteiger partial charge in [-0.05, 0) is 19.4 Å². The van der Waals surface area contributed by atoms with Crippen LogP contribution < -0.4 is 0 Å². The van der Waals surface area contributed by atoms with Crippen LogP contribution in [0, 0.1) is 0 Å². The van der Waals surface area contributed by atoms with E-state index in [9.17, 15) is 4.79 Å². The number of hydrogen-bond acceptors (Lipinski definition) is 2. The van der Waals surface area contributed by atoms with Gasteiger partial charge in [0, 0.05) is 12.3 Å². The first-order valence-electron chi connectivity index (χ1n) is 5.52. The van der Waals surface area contributed by atoms with Crippen LogP contribution in [0.3, 0.4) is 0 Å². The van der Waals surface area contributed by atoms with Gasteiger partial charge in [0.15, 0.2) is 0 Å². The van der Waals surface area contributed by atoms with E-state index in [-0.39, 0.29) is 11.4 Å². The number of hydrogen-bond donors (Lipinski definition) is 0. The van der Waals surface area contributed by atoms with E-state index in [1.54, 1.807) is 0 Å². The number of esters is 1. The van der Waals surface area contributed by atoms with Gasteiger partial charge in [-0.3, -0.25) is 4.79 Å². The molecule has 0 atom stereocenters. The fourth-order valence-corrected chi connectivity index (χ4v) is 1.69. The van der Waals surface area contributed by atoms with Gasteiger partial charge < -0.3 is 4.74 Å². The lowest BCUT2D eigenvalue weighted by Gasteiger charge is -2.41. The normalized spacial score (nSPS) is 12.3. The predicted molar refractivity (Wildman–Crippen MR) is 65.3 cm³/mol. The summed E-state index contributed by atoms with van der Waals surface area (Å²) in [6.45, 7) is 9.52. The van der Waals surface area contributed by atoms with Gasteiger partial charge in [-0.1, -0.05) is 44.2 Å². The van der Waals surface area contributed by atoms with Gasteiger partial charge >= 0.3 is 5.97 Å². The van der Waals surface area contributed by atoms with Gasteiger partial charge in [-0.15, -0.1) is 0 Å². The lowest BCUT2D eigenvalue weighted by Crippen LogP contribution is -2.46. The average Bonchev–Trinajstić information content (AvgIpc) is 2.17. The van der Waals surface area contributed by atoms with Crippen molar-refractivity contribution >= 4 is 5.97 Å². The van der Waals surface area contributed by atoms with Crippen molar-refractivity contribution in [1.82, 2.24) is 0 Å². The molecule has 0 heterocycles. The molecule has 16 heavy (non-hydrogen) atoms. The number of ether oxygens (including phenoxy) is 1.